The van der Waals surface area contributed by atoms with Crippen LogP contribution in [0, 0.1) is 11.8 Å². The maximum atomic E-state index is 12.7. The highest BCUT2D eigenvalue weighted by Crippen LogP contribution is 2.41. The number of aromatic hydroxyl groups is 1. The lowest BCUT2D eigenvalue weighted by molar-refractivity contribution is 0.260. The molecule has 2 aromatic rings. The van der Waals surface area contributed by atoms with E-state index in [4.69, 9.17) is 11.6 Å². The molecule has 0 radical (unpaired) electrons. The third-order valence-corrected chi connectivity index (χ3v) is 9.69. The van der Waals surface area contributed by atoms with Crippen LogP contribution in [0.2, 0.25) is 5.02 Å². The second-order valence-corrected chi connectivity index (χ2v) is 12.2. The minimum Gasteiger partial charge on any atom is -0.504 e. The summed E-state index contributed by atoms with van der Waals surface area (Å²) >= 11 is 6.08. The maximum absolute atomic E-state index is 12.7. The Bertz CT molecular complexity index is 1220. The number of sulfonamides is 1. The number of anilines is 3. The molecule has 0 heterocycles. The van der Waals surface area contributed by atoms with E-state index in [1.54, 1.807) is 0 Å². The number of rotatable bonds is 8. The Hall–Kier alpha value is -2.10. The lowest BCUT2D eigenvalue weighted by Gasteiger charge is -2.36. The summed E-state index contributed by atoms with van der Waals surface area (Å²) in [5.74, 6) is 0.316. The molecular formula is C24H32ClN3O5S. The molecule has 1 atom stereocenters. The van der Waals surface area contributed by atoms with Gasteiger partial charge in [0.1, 0.15) is 16.3 Å². The molecule has 2 fully saturated rings. The van der Waals surface area contributed by atoms with E-state index < -0.39 is 31.5 Å². The van der Waals surface area contributed by atoms with Crippen LogP contribution in [0.15, 0.2) is 26.6 Å². The van der Waals surface area contributed by atoms with Gasteiger partial charge in [-0.3, -0.25) is 9.59 Å². The van der Waals surface area contributed by atoms with Crippen LogP contribution in [-0.2, 0) is 10.0 Å². The van der Waals surface area contributed by atoms with Gasteiger partial charge in [-0.05, 0) is 49.7 Å². The average molecular weight is 510 g/mol. The largest absolute Gasteiger partial charge is 0.504 e. The van der Waals surface area contributed by atoms with Gasteiger partial charge in [-0.1, -0.05) is 43.7 Å². The van der Waals surface area contributed by atoms with Gasteiger partial charge in [0.15, 0.2) is 5.75 Å². The fraction of sp³-hybridized carbons (Fsp3) is 0.583. The van der Waals surface area contributed by atoms with Crippen LogP contribution in [0.1, 0.15) is 57.8 Å². The summed E-state index contributed by atoms with van der Waals surface area (Å²) in [6.45, 7) is 0. The van der Waals surface area contributed by atoms with Gasteiger partial charge in [0.05, 0.1) is 10.7 Å². The van der Waals surface area contributed by atoms with E-state index in [2.05, 4.69) is 10.6 Å². The van der Waals surface area contributed by atoms with E-state index in [1.165, 1.54) is 58.3 Å². The van der Waals surface area contributed by atoms with Gasteiger partial charge in [-0.2, -0.15) is 0 Å². The summed E-state index contributed by atoms with van der Waals surface area (Å²) in [6, 6.07) is 2.85. The second-order valence-electron chi connectivity index (χ2n) is 9.71. The molecule has 0 bridgehead atoms. The highest BCUT2D eigenvalue weighted by Gasteiger charge is 2.35. The standard InChI is InChI=1S/C24H32ClN3O5S/c1-28(2)34(32,33)24-16(25)12-13-17(21(24)29)26-19-20(23(31)22(19)30)27-18(15-10-6-7-11-15)14-8-4-3-5-9-14/h12-15,18,26-27,29H,3-11H2,1-2H3. The van der Waals surface area contributed by atoms with E-state index in [9.17, 15) is 23.1 Å². The van der Waals surface area contributed by atoms with Gasteiger partial charge in [0, 0.05) is 20.1 Å². The molecule has 0 amide bonds. The Kier molecular flexibility index (Phi) is 7.26. The molecule has 0 aromatic heterocycles. The summed E-state index contributed by atoms with van der Waals surface area (Å²) in [5.41, 5.74) is -1.01. The number of nitrogens with zero attached hydrogens (tertiary/aromatic N) is 1. The molecule has 3 N–H and O–H groups in total. The van der Waals surface area contributed by atoms with Crippen LogP contribution < -0.4 is 21.5 Å². The number of phenolic OH excluding ortho intramolecular Hbond substituents is 1. The van der Waals surface area contributed by atoms with Gasteiger partial charge >= 0.3 is 0 Å². The van der Waals surface area contributed by atoms with Gasteiger partial charge in [0.25, 0.3) is 10.9 Å². The van der Waals surface area contributed by atoms with Gasteiger partial charge in [-0.15, -0.1) is 0 Å². The van der Waals surface area contributed by atoms with Crippen molar-refractivity contribution in [3.8, 4) is 5.75 Å². The first-order valence-corrected chi connectivity index (χ1v) is 13.8. The van der Waals surface area contributed by atoms with E-state index in [0.29, 0.717) is 11.8 Å². The van der Waals surface area contributed by atoms with Gasteiger partial charge in [-0.25, -0.2) is 12.7 Å². The van der Waals surface area contributed by atoms with Crippen molar-refractivity contribution in [1.82, 2.24) is 4.31 Å². The van der Waals surface area contributed by atoms with Crippen molar-refractivity contribution >= 4 is 38.7 Å². The van der Waals surface area contributed by atoms with Gasteiger partial charge < -0.3 is 15.7 Å². The Balaban J connectivity index is 1.65. The number of nitrogens with one attached hydrogen (secondary N) is 2. The molecule has 0 saturated heterocycles. The Labute approximate surface area is 205 Å². The van der Waals surface area contributed by atoms with Crippen molar-refractivity contribution in [2.24, 2.45) is 11.8 Å². The van der Waals surface area contributed by atoms with Crippen molar-refractivity contribution in [1.29, 1.82) is 0 Å². The number of hydrogen-bond acceptors (Lipinski definition) is 7. The van der Waals surface area contributed by atoms with Crippen LogP contribution in [0.25, 0.3) is 0 Å². The Morgan fingerprint density at radius 1 is 0.941 bits per heavy atom. The third kappa shape index (κ3) is 4.57. The van der Waals surface area contributed by atoms with Crippen LogP contribution in [0.5, 0.6) is 5.75 Å². The summed E-state index contributed by atoms with van der Waals surface area (Å²) in [6.07, 6.45) is 10.4. The molecule has 34 heavy (non-hydrogen) atoms. The molecule has 4 rings (SSSR count). The minimum absolute atomic E-state index is 0.00458. The first-order chi connectivity index (χ1) is 16.1. The molecule has 2 aliphatic rings. The van der Waals surface area contributed by atoms with Crippen LogP contribution in [-0.4, -0.2) is 38.0 Å². The quantitative estimate of drug-likeness (QED) is 0.361. The van der Waals surface area contributed by atoms with Crippen LogP contribution in [0.4, 0.5) is 17.1 Å². The van der Waals surface area contributed by atoms with E-state index in [1.807, 2.05) is 0 Å². The fourth-order valence-corrected chi connectivity index (χ4v) is 6.93. The first kappa shape index (κ1) is 25.0. The average Bonchev–Trinajstić information content (AvgIpc) is 3.34. The highest BCUT2D eigenvalue weighted by atomic mass is 35.5. The number of hydrogen-bond donors (Lipinski definition) is 3. The summed E-state index contributed by atoms with van der Waals surface area (Å²) in [5, 5.41) is 16.8. The predicted molar refractivity (Wildman–Crippen MR) is 135 cm³/mol. The van der Waals surface area contributed by atoms with Crippen molar-refractivity contribution in [3.63, 3.8) is 0 Å². The predicted octanol–water partition coefficient (Wildman–Crippen LogP) is 4.19. The first-order valence-electron chi connectivity index (χ1n) is 11.9. The monoisotopic (exact) mass is 509 g/mol. The maximum Gasteiger partial charge on any atom is 0.253 e. The third-order valence-electron chi connectivity index (χ3n) is 7.37. The topological polar surface area (TPSA) is 116 Å². The molecule has 2 aliphatic carbocycles. The number of phenols is 1. The number of benzene rings is 1. The lowest BCUT2D eigenvalue weighted by Crippen LogP contribution is -2.43. The molecule has 2 aromatic carbocycles. The molecular weight excluding hydrogens is 478 g/mol. The van der Waals surface area contributed by atoms with Gasteiger partial charge in [0.2, 0.25) is 10.0 Å². The van der Waals surface area contributed by atoms with Crippen molar-refractivity contribution in [3.05, 3.63) is 37.6 Å². The zero-order chi connectivity index (χ0) is 24.6. The molecule has 0 aliphatic heterocycles. The van der Waals surface area contributed by atoms with Crippen molar-refractivity contribution in [2.75, 3.05) is 24.7 Å². The smallest absolute Gasteiger partial charge is 0.253 e. The molecule has 8 nitrogen and oxygen atoms in total. The van der Waals surface area contributed by atoms with E-state index >= 15 is 0 Å². The fourth-order valence-electron chi connectivity index (χ4n) is 5.46. The molecule has 186 valence electrons. The second kappa shape index (κ2) is 9.87. The van der Waals surface area contributed by atoms with Crippen molar-refractivity contribution in [2.45, 2.75) is 68.7 Å². The summed E-state index contributed by atoms with van der Waals surface area (Å²) < 4.78 is 26.2. The zero-order valence-electron chi connectivity index (χ0n) is 19.6. The van der Waals surface area contributed by atoms with E-state index in [0.717, 1.165) is 30.0 Å². The van der Waals surface area contributed by atoms with E-state index in [-0.39, 0.29) is 28.1 Å². The lowest BCUT2D eigenvalue weighted by atomic mass is 9.78. The SMILES string of the molecule is CN(C)S(=O)(=O)c1c(Cl)ccc(Nc2c(NC(C3CCCCC3)C3CCCC3)c(=O)c2=O)c1O. The zero-order valence-corrected chi connectivity index (χ0v) is 21.1. The summed E-state index contributed by atoms with van der Waals surface area (Å²) in [7, 11) is -1.38. The molecule has 2 saturated carbocycles. The van der Waals surface area contributed by atoms with Crippen molar-refractivity contribution < 1.29 is 13.5 Å². The van der Waals surface area contributed by atoms with Crippen LogP contribution >= 0.6 is 11.6 Å². The summed E-state index contributed by atoms with van der Waals surface area (Å²) in [4.78, 5) is 24.6. The van der Waals surface area contributed by atoms with Crippen LogP contribution in [0.3, 0.4) is 0 Å². The normalized spacial score (nSPS) is 19.1. The number of halogens is 1. The Morgan fingerprint density at radius 2 is 1.47 bits per heavy atom. The Morgan fingerprint density at radius 3 is 2.03 bits per heavy atom. The highest BCUT2D eigenvalue weighted by molar-refractivity contribution is 7.89. The molecule has 0 spiro atoms. The molecule has 1 unspecified atom stereocenters. The molecule has 10 heteroatoms. The minimum atomic E-state index is -4.04.